The molecular weight excluding hydrogens is 250 g/mol. The maximum absolute atomic E-state index is 9.15. The van der Waals surface area contributed by atoms with Gasteiger partial charge in [0.1, 0.15) is 5.75 Å². The summed E-state index contributed by atoms with van der Waals surface area (Å²) in [6.07, 6.45) is 5.69. The van der Waals surface area contributed by atoms with E-state index in [0.717, 1.165) is 38.2 Å². The van der Waals surface area contributed by atoms with E-state index in [2.05, 4.69) is 30.4 Å². The Bertz CT molecular complexity index is 386. The molecule has 1 aromatic carbocycles. The van der Waals surface area contributed by atoms with Crippen molar-refractivity contribution in [1.82, 2.24) is 5.32 Å². The largest absolute Gasteiger partial charge is 0.494 e. The van der Waals surface area contributed by atoms with Crippen molar-refractivity contribution < 1.29 is 9.84 Å². The SMILES string of the molecule is CCCOc1cccc(CNC2CCC(CO)CC2)c1. The number of nitrogens with one attached hydrogen (secondary N) is 1. The van der Waals surface area contributed by atoms with Gasteiger partial charge in [0.15, 0.2) is 0 Å². The molecule has 1 aliphatic carbocycles. The van der Waals surface area contributed by atoms with Crippen LogP contribution >= 0.6 is 0 Å². The first kappa shape index (κ1) is 15.3. The van der Waals surface area contributed by atoms with E-state index in [1.54, 1.807) is 0 Å². The van der Waals surface area contributed by atoms with Gasteiger partial charge in [-0.2, -0.15) is 0 Å². The van der Waals surface area contributed by atoms with E-state index in [1.807, 2.05) is 6.07 Å². The third-order valence-electron chi connectivity index (χ3n) is 4.07. The monoisotopic (exact) mass is 277 g/mol. The molecule has 0 bridgehead atoms. The van der Waals surface area contributed by atoms with Crippen molar-refractivity contribution in [1.29, 1.82) is 0 Å². The summed E-state index contributed by atoms with van der Waals surface area (Å²) in [5, 5.41) is 12.8. The molecule has 2 rings (SSSR count). The van der Waals surface area contributed by atoms with Crippen LogP contribution in [0.5, 0.6) is 5.75 Å². The Kier molecular flexibility index (Phi) is 6.34. The number of hydrogen-bond acceptors (Lipinski definition) is 3. The van der Waals surface area contributed by atoms with E-state index < -0.39 is 0 Å². The van der Waals surface area contributed by atoms with Crippen LogP contribution in [0.25, 0.3) is 0 Å². The van der Waals surface area contributed by atoms with E-state index in [9.17, 15) is 0 Å². The standard InChI is InChI=1S/C17H27NO2/c1-2-10-20-17-5-3-4-15(11-17)12-18-16-8-6-14(13-19)7-9-16/h3-5,11,14,16,18-19H,2,6-10,12-13H2,1H3. The smallest absolute Gasteiger partial charge is 0.119 e. The number of ether oxygens (including phenoxy) is 1. The van der Waals surface area contributed by atoms with Gasteiger partial charge in [-0.05, 0) is 55.7 Å². The van der Waals surface area contributed by atoms with Crippen LogP contribution in [0, 0.1) is 5.92 Å². The predicted molar refractivity (Wildman–Crippen MR) is 81.9 cm³/mol. The summed E-state index contributed by atoms with van der Waals surface area (Å²) in [5.41, 5.74) is 1.28. The molecule has 0 spiro atoms. The van der Waals surface area contributed by atoms with Gasteiger partial charge in [-0.15, -0.1) is 0 Å². The Labute approximate surface area is 122 Å². The molecule has 0 atom stereocenters. The topological polar surface area (TPSA) is 41.5 Å². The molecule has 3 nitrogen and oxygen atoms in total. The van der Waals surface area contributed by atoms with Gasteiger partial charge in [0.05, 0.1) is 6.61 Å². The maximum Gasteiger partial charge on any atom is 0.119 e. The minimum Gasteiger partial charge on any atom is -0.494 e. The number of hydrogen-bond donors (Lipinski definition) is 2. The molecule has 112 valence electrons. The molecule has 20 heavy (non-hydrogen) atoms. The first-order chi connectivity index (χ1) is 9.81. The van der Waals surface area contributed by atoms with Gasteiger partial charge in [0.25, 0.3) is 0 Å². The van der Waals surface area contributed by atoms with Gasteiger partial charge in [-0.3, -0.25) is 0 Å². The second-order valence-electron chi connectivity index (χ2n) is 5.78. The van der Waals surface area contributed by atoms with E-state index in [1.165, 1.54) is 18.4 Å². The van der Waals surface area contributed by atoms with Crippen molar-refractivity contribution in [3.05, 3.63) is 29.8 Å². The molecule has 0 heterocycles. The fourth-order valence-electron chi connectivity index (χ4n) is 2.78. The van der Waals surface area contributed by atoms with E-state index in [-0.39, 0.29) is 0 Å². The van der Waals surface area contributed by atoms with Crippen LogP contribution in [0.1, 0.15) is 44.6 Å². The summed E-state index contributed by atoms with van der Waals surface area (Å²) >= 11 is 0. The molecule has 0 amide bonds. The Balaban J connectivity index is 1.76. The zero-order chi connectivity index (χ0) is 14.2. The molecule has 1 fully saturated rings. The lowest BCUT2D eigenvalue weighted by Gasteiger charge is -2.28. The Morgan fingerprint density at radius 1 is 1.25 bits per heavy atom. The normalized spacial score (nSPS) is 22.7. The van der Waals surface area contributed by atoms with Crippen LogP contribution in [0.15, 0.2) is 24.3 Å². The maximum atomic E-state index is 9.15. The summed E-state index contributed by atoms with van der Waals surface area (Å²) in [4.78, 5) is 0. The third-order valence-corrected chi connectivity index (χ3v) is 4.07. The van der Waals surface area contributed by atoms with Crippen molar-refractivity contribution in [2.24, 2.45) is 5.92 Å². The second kappa shape index (κ2) is 8.28. The average molecular weight is 277 g/mol. The van der Waals surface area contributed by atoms with Crippen molar-refractivity contribution in [3.8, 4) is 5.75 Å². The number of benzene rings is 1. The van der Waals surface area contributed by atoms with Gasteiger partial charge in [0, 0.05) is 19.2 Å². The van der Waals surface area contributed by atoms with Crippen molar-refractivity contribution in [2.45, 2.75) is 51.6 Å². The summed E-state index contributed by atoms with van der Waals surface area (Å²) < 4.78 is 5.66. The highest BCUT2D eigenvalue weighted by atomic mass is 16.5. The van der Waals surface area contributed by atoms with Crippen LogP contribution < -0.4 is 10.1 Å². The molecule has 0 aromatic heterocycles. The number of aliphatic hydroxyl groups excluding tert-OH is 1. The Hall–Kier alpha value is -1.06. The lowest BCUT2D eigenvalue weighted by molar-refractivity contribution is 0.175. The first-order valence-corrected chi connectivity index (χ1v) is 7.87. The van der Waals surface area contributed by atoms with Crippen LogP contribution in [0.3, 0.4) is 0 Å². The third kappa shape index (κ3) is 4.80. The fraction of sp³-hybridized carbons (Fsp3) is 0.647. The lowest BCUT2D eigenvalue weighted by Crippen LogP contribution is -2.33. The van der Waals surface area contributed by atoms with Gasteiger partial charge < -0.3 is 15.2 Å². The minimum atomic E-state index is 0.351. The number of rotatable bonds is 7. The highest BCUT2D eigenvalue weighted by molar-refractivity contribution is 5.28. The number of aliphatic hydroxyl groups is 1. The molecule has 0 aliphatic heterocycles. The molecule has 1 saturated carbocycles. The minimum absolute atomic E-state index is 0.351. The lowest BCUT2D eigenvalue weighted by atomic mass is 9.86. The van der Waals surface area contributed by atoms with Crippen LogP contribution in [-0.2, 0) is 6.54 Å². The van der Waals surface area contributed by atoms with Gasteiger partial charge in [-0.25, -0.2) is 0 Å². The molecule has 0 unspecified atom stereocenters. The summed E-state index contributed by atoms with van der Waals surface area (Å²) in [7, 11) is 0. The Morgan fingerprint density at radius 2 is 2.05 bits per heavy atom. The molecular formula is C17H27NO2. The highest BCUT2D eigenvalue weighted by Gasteiger charge is 2.19. The summed E-state index contributed by atoms with van der Waals surface area (Å²) in [6, 6.07) is 8.95. The van der Waals surface area contributed by atoms with Gasteiger partial charge in [-0.1, -0.05) is 19.1 Å². The molecule has 0 saturated heterocycles. The van der Waals surface area contributed by atoms with Crippen LogP contribution in [0.2, 0.25) is 0 Å². The van der Waals surface area contributed by atoms with E-state index >= 15 is 0 Å². The van der Waals surface area contributed by atoms with Gasteiger partial charge >= 0.3 is 0 Å². The molecule has 1 aliphatic rings. The van der Waals surface area contributed by atoms with Crippen molar-refractivity contribution in [3.63, 3.8) is 0 Å². The zero-order valence-electron chi connectivity index (χ0n) is 12.5. The van der Waals surface area contributed by atoms with E-state index in [0.29, 0.717) is 18.6 Å². The van der Waals surface area contributed by atoms with E-state index in [4.69, 9.17) is 9.84 Å². The van der Waals surface area contributed by atoms with Gasteiger partial charge in [0.2, 0.25) is 0 Å². The highest BCUT2D eigenvalue weighted by Crippen LogP contribution is 2.24. The quantitative estimate of drug-likeness (QED) is 0.804. The molecule has 0 radical (unpaired) electrons. The van der Waals surface area contributed by atoms with Crippen molar-refractivity contribution in [2.75, 3.05) is 13.2 Å². The first-order valence-electron chi connectivity index (χ1n) is 7.87. The molecule has 2 N–H and O–H groups in total. The average Bonchev–Trinajstić information content (AvgIpc) is 2.52. The summed E-state index contributed by atoms with van der Waals surface area (Å²) in [6.45, 7) is 4.15. The molecule has 3 heteroatoms. The van der Waals surface area contributed by atoms with Crippen molar-refractivity contribution >= 4 is 0 Å². The molecule has 1 aromatic rings. The van der Waals surface area contributed by atoms with Crippen LogP contribution in [0.4, 0.5) is 0 Å². The predicted octanol–water partition coefficient (Wildman–Crippen LogP) is 3.12. The fourth-order valence-corrected chi connectivity index (χ4v) is 2.78. The Morgan fingerprint density at radius 3 is 2.75 bits per heavy atom. The second-order valence-corrected chi connectivity index (χ2v) is 5.78. The zero-order valence-corrected chi connectivity index (χ0v) is 12.5. The summed E-state index contributed by atoms with van der Waals surface area (Å²) in [5.74, 6) is 1.49. The van der Waals surface area contributed by atoms with Crippen LogP contribution in [-0.4, -0.2) is 24.4 Å².